The van der Waals surface area contributed by atoms with E-state index in [1.807, 2.05) is 6.08 Å². The molecule has 0 aliphatic rings. The average Bonchev–Trinajstić information content (AvgIpc) is 3.39. The SMILES string of the molecule is CCCCC/C=C\C/C=C\CCCCCCCCCCCC(=O)OCCCCCCCC/C=C\C/C=C\CCC(=O)NC(CO)C(O)CCCCCCCCCCCCCCCCCCCCCCCCCC. The van der Waals surface area contributed by atoms with Gasteiger partial charge in [0.15, 0.2) is 0 Å². The van der Waals surface area contributed by atoms with E-state index in [-0.39, 0.29) is 18.5 Å². The standard InChI is InChI=1S/C67H125NO5/c1-3-5-7-9-11-13-15-17-19-21-23-24-25-26-27-29-30-32-35-39-43-47-51-55-59-65(70)64(63-69)68-66(71)60-56-52-48-44-40-36-34-38-42-46-50-54-58-62-73-67(72)61-57-53-49-45-41-37-33-31-28-22-20-18-16-14-12-10-8-6-4-2/h12,14,18,20,36,40,48,52,64-65,69-70H,3-11,13,15-17,19,21-35,37-39,41-47,49-51,53-63H2,1-2H3,(H,68,71)/b14-12-,20-18-,40-36-,52-48-. The molecule has 0 fully saturated rings. The van der Waals surface area contributed by atoms with Crippen LogP contribution in [0.4, 0.5) is 0 Å². The molecule has 0 heterocycles. The van der Waals surface area contributed by atoms with E-state index in [1.165, 1.54) is 244 Å². The smallest absolute Gasteiger partial charge is 0.305 e. The first kappa shape index (κ1) is 70.8. The molecule has 0 aliphatic carbocycles. The molecule has 0 saturated carbocycles. The highest BCUT2D eigenvalue weighted by Crippen LogP contribution is 2.18. The largest absolute Gasteiger partial charge is 0.466 e. The number of aliphatic hydroxyl groups is 2. The van der Waals surface area contributed by atoms with Crippen LogP contribution in [0.3, 0.4) is 0 Å². The Hall–Kier alpha value is -2.18. The number of carbonyl (C=O) groups excluding carboxylic acids is 2. The van der Waals surface area contributed by atoms with Gasteiger partial charge in [-0.25, -0.2) is 0 Å². The molecule has 2 atom stereocenters. The average molecular weight is 1020 g/mol. The number of carbonyl (C=O) groups is 2. The Morgan fingerprint density at radius 3 is 1.10 bits per heavy atom. The van der Waals surface area contributed by atoms with Gasteiger partial charge in [0.05, 0.1) is 25.4 Å². The summed E-state index contributed by atoms with van der Waals surface area (Å²) in [6, 6.07) is -0.588. The van der Waals surface area contributed by atoms with Gasteiger partial charge in [0.2, 0.25) is 5.91 Å². The van der Waals surface area contributed by atoms with Gasteiger partial charge in [-0.05, 0) is 77.0 Å². The van der Waals surface area contributed by atoms with Gasteiger partial charge in [0, 0.05) is 12.8 Å². The predicted octanol–water partition coefficient (Wildman–Crippen LogP) is 20.5. The van der Waals surface area contributed by atoms with Crippen molar-refractivity contribution in [1.29, 1.82) is 0 Å². The number of nitrogens with one attached hydrogen (secondary N) is 1. The lowest BCUT2D eigenvalue weighted by molar-refractivity contribution is -0.143. The zero-order valence-electron chi connectivity index (χ0n) is 48.9. The van der Waals surface area contributed by atoms with Crippen molar-refractivity contribution >= 4 is 11.9 Å². The molecule has 73 heavy (non-hydrogen) atoms. The molecule has 0 aromatic rings. The highest BCUT2D eigenvalue weighted by molar-refractivity contribution is 5.76. The molecule has 3 N–H and O–H groups in total. The summed E-state index contributed by atoms with van der Waals surface area (Å²) in [6.45, 7) is 4.88. The molecule has 0 rings (SSSR count). The second-order valence-electron chi connectivity index (χ2n) is 22.1. The van der Waals surface area contributed by atoms with E-state index in [0.29, 0.717) is 32.3 Å². The van der Waals surface area contributed by atoms with E-state index in [0.717, 1.165) is 57.8 Å². The number of esters is 1. The number of hydrogen-bond donors (Lipinski definition) is 3. The van der Waals surface area contributed by atoms with Gasteiger partial charge in [0.1, 0.15) is 0 Å². The van der Waals surface area contributed by atoms with Crippen molar-refractivity contribution in [3.05, 3.63) is 48.6 Å². The summed E-state index contributed by atoms with van der Waals surface area (Å²) in [5.41, 5.74) is 0. The third kappa shape index (κ3) is 58.9. The van der Waals surface area contributed by atoms with Gasteiger partial charge >= 0.3 is 5.97 Å². The Kier molecular flexibility index (Phi) is 60.5. The van der Waals surface area contributed by atoms with Crippen LogP contribution >= 0.6 is 0 Å². The van der Waals surface area contributed by atoms with Gasteiger partial charge in [-0.2, -0.15) is 0 Å². The zero-order valence-corrected chi connectivity index (χ0v) is 48.9. The topological polar surface area (TPSA) is 95.9 Å². The Morgan fingerprint density at radius 2 is 0.699 bits per heavy atom. The second-order valence-corrected chi connectivity index (χ2v) is 22.1. The van der Waals surface area contributed by atoms with Gasteiger partial charge < -0.3 is 20.3 Å². The summed E-state index contributed by atoms with van der Waals surface area (Å²) in [4.78, 5) is 24.6. The van der Waals surface area contributed by atoms with Crippen molar-refractivity contribution in [2.75, 3.05) is 13.2 Å². The van der Waals surface area contributed by atoms with Crippen LogP contribution in [0.25, 0.3) is 0 Å². The minimum absolute atomic E-state index is 0.0202. The first-order chi connectivity index (χ1) is 36.0. The first-order valence-electron chi connectivity index (χ1n) is 32.4. The maximum absolute atomic E-state index is 12.5. The number of rotatable bonds is 60. The zero-order chi connectivity index (χ0) is 52.9. The molecular weight excluding hydrogens is 899 g/mol. The summed E-state index contributed by atoms with van der Waals surface area (Å²) >= 11 is 0. The van der Waals surface area contributed by atoms with Crippen LogP contribution in [0.2, 0.25) is 0 Å². The Bertz CT molecular complexity index is 1230. The maximum Gasteiger partial charge on any atom is 0.305 e. The van der Waals surface area contributed by atoms with Crippen molar-refractivity contribution < 1.29 is 24.5 Å². The lowest BCUT2D eigenvalue weighted by atomic mass is 10.0. The maximum atomic E-state index is 12.5. The predicted molar refractivity (Wildman–Crippen MR) is 319 cm³/mol. The Labute approximate surface area is 455 Å². The molecule has 0 spiro atoms. The second kappa shape index (κ2) is 62.4. The minimum Gasteiger partial charge on any atom is -0.466 e. The fraction of sp³-hybridized carbons (Fsp3) is 0.851. The van der Waals surface area contributed by atoms with Crippen LogP contribution in [0.1, 0.15) is 341 Å². The van der Waals surface area contributed by atoms with Crippen LogP contribution in [0, 0.1) is 0 Å². The number of aliphatic hydroxyl groups excluding tert-OH is 2. The number of ether oxygens (including phenoxy) is 1. The van der Waals surface area contributed by atoms with Gasteiger partial charge in [0.25, 0.3) is 0 Å². The summed E-state index contributed by atoms with van der Waals surface area (Å²) in [5.74, 6) is -0.133. The van der Waals surface area contributed by atoms with Crippen molar-refractivity contribution in [2.24, 2.45) is 0 Å². The van der Waals surface area contributed by atoms with Crippen molar-refractivity contribution in [1.82, 2.24) is 5.32 Å². The molecule has 1 amide bonds. The van der Waals surface area contributed by atoms with Crippen LogP contribution in [-0.2, 0) is 14.3 Å². The third-order valence-corrected chi connectivity index (χ3v) is 14.9. The summed E-state index contributed by atoms with van der Waals surface area (Å²) in [6.07, 6.45) is 80.0. The van der Waals surface area contributed by atoms with Gasteiger partial charge in [-0.15, -0.1) is 0 Å². The lowest BCUT2D eigenvalue weighted by Gasteiger charge is -2.22. The van der Waals surface area contributed by atoms with Crippen LogP contribution in [0.15, 0.2) is 48.6 Å². The fourth-order valence-electron chi connectivity index (χ4n) is 9.90. The molecular formula is C67H125NO5. The van der Waals surface area contributed by atoms with Gasteiger partial charge in [-0.3, -0.25) is 9.59 Å². The van der Waals surface area contributed by atoms with Gasteiger partial charge in [-0.1, -0.05) is 300 Å². The first-order valence-corrected chi connectivity index (χ1v) is 32.4. The highest BCUT2D eigenvalue weighted by atomic mass is 16.5. The molecule has 0 saturated heterocycles. The monoisotopic (exact) mass is 1020 g/mol. The fourth-order valence-corrected chi connectivity index (χ4v) is 9.90. The number of hydrogen-bond acceptors (Lipinski definition) is 5. The summed E-state index contributed by atoms with van der Waals surface area (Å²) in [5, 5.41) is 23.3. The summed E-state index contributed by atoms with van der Waals surface area (Å²) in [7, 11) is 0. The normalized spacial score (nSPS) is 12.9. The van der Waals surface area contributed by atoms with E-state index in [2.05, 4.69) is 61.7 Å². The quantitative estimate of drug-likeness (QED) is 0.0320. The third-order valence-electron chi connectivity index (χ3n) is 14.9. The molecule has 428 valence electrons. The molecule has 0 aromatic carbocycles. The highest BCUT2D eigenvalue weighted by Gasteiger charge is 2.20. The van der Waals surface area contributed by atoms with E-state index < -0.39 is 12.1 Å². The molecule has 0 aromatic heterocycles. The van der Waals surface area contributed by atoms with E-state index in [4.69, 9.17) is 4.74 Å². The molecule has 2 unspecified atom stereocenters. The van der Waals surface area contributed by atoms with Crippen molar-refractivity contribution in [3.8, 4) is 0 Å². The van der Waals surface area contributed by atoms with Crippen LogP contribution in [0.5, 0.6) is 0 Å². The molecule has 6 heteroatoms. The van der Waals surface area contributed by atoms with E-state index >= 15 is 0 Å². The van der Waals surface area contributed by atoms with E-state index in [9.17, 15) is 19.8 Å². The number of amides is 1. The van der Waals surface area contributed by atoms with Crippen molar-refractivity contribution in [3.63, 3.8) is 0 Å². The molecule has 0 aliphatic heterocycles. The Morgan fingerprint density at radius 1 is 0.384 bits per heavy atom. The number of allylic oxidation sites excluding steroid dienone is 8. The van der Waals surface area contributed by atoms with E-state index in [1.54, 1.807) is 0 Å². The lowest BCUT2D eigenvalue weighted by Crippen LogP contribution is -2.45. The molecule has 0 bridgehead atoms. The Balaban J connectivity index is 3.51. The molecule has 0 radical (unpaired) electrons. The van der Waals surface area contributed by atoms with Crippen LogP contribution in [-0.4, -0.2) is 47.4 Å². The van der Waals surface area contributed by atoms with Crippen molar-refractivity contribution in [2.45, 2.75) is 353 Å². The summed E-state index contributed by atoms with van der Waals surface area (Å²) < 4.78 is 5.48. The minimum atomic E-state index is -0.702. The number of unbranched alkanes of at least 4 members (excludes halogenated alkanes) is 41. The van der Waals surface area contributed by atoms with Crippen LogP contribution < -0.4 is 5.32 Å². The molecule has 6 nitrogen and oxygen atoms in total.